The van der Waals surface area contributed by atoms with Crippen molar-refractivity contribution >= 4 is 29.4 Å². The summed E-state index contributed by atoms with van der Waals surface area (Å²) in [6.07, 6.45) is 0. The minimum Gasteiger partial charge on any atom is -0.366 e. The van der Waals surface area contributed by atoms with Crippen LogP contribution in [0.15, 0.2) is 24.3 Å². The van der Waals surface area contributed by atoms with Crippen LogP contribution < -0.4 is 16.0 Å². The maximum Gasteiger partial charge on any atom is 0.335 e. The number of benzene rings is 1. The molecule has 5 amide bonds. The zero-order valence-electron chi connectivity index (χ0n) is 11.6. The highest BCUT2D eigenvalue weighted by molar-refractivity contribution is 6.27. The number of anilines is 1. The van der Waals surface area contributed by atoms with Gasteiger partial charge in [-0.1, -0.05) is 13.8 Å². The molecular weight excluding hydrogens is 274 g/mol. The van der Waals surface area contributed by atoms with Crippen LogP contribution in [0.1, 0.15) is 24.2 Å². The van der Waals surface area contributed by atoms with Crippen LogP contribution in [-0.4, -0.2) is 23.8 Å². The Kier molecular flexibility index (Phi) is 3.75. The minimum atomic E-state index is -0.918. The van der Waals surface area contributed by atoms with Crippen molar-refractivity contribution in [1.29, 1.82) is 0 Å². The van der Waals surface area contributed by atoms with Crippen molar-refractivity contribution in [3.05, 3.63) is 29.8 Å². The van der Waals surface area contributed by atoms with Crippen molar-refractivity contribution in [3.63, 3.8) is 0 Å². The van der Waals surface area contributed by atoms with Crippen molar-refractivity contribution in [2.75, 3.05) is 4.90 Å². The standard InChI is InChI=1S/C14H15N3O4/c1-7(2)10-12(19)16-14(21)17(13(10)20)9-5-3-8(4-6-9)11(15)18/h3-7,10H,1-2H3,(H2,15,18)(H,16,19,21). The Morgan fingerprint density at radius 2 is 1.76 bits per heavy atom. The Morgan fingerprint density at radius 1 is 1.19 bits per heavy atom. The molecule has 0 saturated carbocycles. The second-order valence-corrected chi connectivity index (χ2v) is 5.10. The third kappa shape index (κ3) is 2.62. The number of barbiturate groups is 1. The Labute approximate surface area is 121 Å². The van der Waals surface area contributed by atoms with Gasteiger partial charge in [-0.25, -0.2) is 9.69 Å². The average Bonchev–Trinajstić information content (AvgIpc) is 2.38. The lowest BCUT2D eigenvalue weighted by Gasteiger charge is -2.31. The van der Waals surface area contributed by atoms with Gasteiger partial charge >= 0.3 is 6.03 Å². The third-order valence-corrected chi connectivity index (χ3v) is 3.28. The Morgan fingerprint density at radius 3 is 2.24 bits per heavy atom. The van der Waals surface area contributed by atoms with E-state index in [1.807, 2.05) is 0 Å². The summed E-state index contributed by atoms with van der Waals surface area (Å²) >= 11 is 0. The first-order valence-corrected chi connectivity index (χ1v) is 6.41. The number of hydrogen-bond donors (Lipinski definition) is 2. The van der Waals surface area contributed by atoms with E-state index in [-0.39, 0.29) is 17.2 Å². The number of nitrogens with zero attached hydrogens (tertiary/aromatic N) is 1. The number of hydrogen-bond acceptors (Lipinski definition) is 4. The maximum absolute atomic E-state index is 12.4. The first kappa shape index (κ1) is 14.7. The molecule has 1 fully saturated rings. The topological polar surface area (TPSA) is 110 Å². The van der Waals surface area contributed by atoms with Gasteiger partial charge < -0.3 is 5.73 Å². The average molecular weight is 289 g/mol. The first-order valence-electron chi connectivity index (χ1n) is 6.41. The van der Waals surface area contributed by atoms with E-state index in [0.29, 0.717) is 0 Å². The molecule has 110 valence electrons. The Hall–Kier alpha value is -2.70. The van der Waals surface area contributed by atoms with Gasteiger partial charge in [0.2, 0.25) is 17.7 Å². The molecule has 1 saturated heterocycles. The third-order valence-electron chi connectivity index (χ3n) is 3.28. The van der Waals surface area contributed by atoms with Crippen LogP contribution in [0.4, 0.5) is 10.5 Å². The highest BCUT2D eigenvalue weighted by Crippen LogP contribution is 2.24. The number of amides is 5. The number of nitrogens with one attached hydrogen (secondary N) is 1. The van der Waals surface area contributed by atoms with Gasteiger partial charge in [0.1, 0.15) is 5.92 Å². The fraction of sp³-hybridized carbons (Fsp3) is 0.286. The van der Waals surface area contributed by atoms with Crippen molar-refractivity contribution in [1.82, 2.24) is 5.32 Å². The number of imide groups is 2. The molecule has 7 heteroatoms. The highest BCUT2D eigenvalue weighted by Gasteiger charge is 2.42. The number of carbonyl (C=O) groups excluding carboxylic acids is 4. The van der Waals surface area contributed by atoms with E-state index in [1.165, 1.54) is 24.3 Å². The summed E-state index contributed by atoms with van der Waals surface area (Å²) in [5.41, 5.74) is 5.68. The molecule has 0 bridgehead atoms. The van der Waals surface area contributed by atoms with Crippen LogP contribution in [0.2, 0.25) is 0 Å². The van der Waals surface area contributed by atoms with Gasteiger partial charge in [-0.15, -0.1) is 0 Å². The molecule has 0 spiro atoms. The smallest absolute Gasteiger partial charge is 0.335 e. The van der Waals surface area contributed by atoms with Crippen LogP contribution in [0.5, 0.6) is 0 Å². The lowest BCUT2D eigenvalue weighted by atomic mass is 9.92. The fourth-order valence-corrected chi connectivity index (χ4v) is 2.20. The molecule has 1 aromatic rings. The lowest BCUT2D eigenvalue weighted by Crippen LogP contribution is -2.59. The molecule has 7 nitrogen and oxygen atoms in total. The molecule has 1 aliphatic heterocycles. The predicted octanol–water partition coefficient (Wildman–Crippen LogP) is 0.641. The van der Waals surface area contributed by atoms with Gasteiger partial charge in [0.15, 0.2) is 0 Å². The zero-order chi connectivity index (χ0) is 15.7. The Balaban J connectivity index is 2.37. The second-order valence-electron chi connectivity index (χ2n) is 5.10. The van der Waals surface area contributed by atoms with Crippen LogP contribution in [0, 0.1) is 11.8 Å². The summed E-state index contributed by atoms with van der Waals surface area (Å²) in [6.45, 7) is 3.46. The summed E-state index contributed by atoms with van der Waals surface area (Å²) in [7, 11) is 0. The van der Waals surface area contributed by atoms with Gasteiger partial charge in [-0.05, 0) is 30.2 Å². The molecule has 3 N–H and O–H groups in total. The molecule has 1 unspecified atom stereocenters. The van der Waals surface area contributed by atoms with Crippen molar-refractivity contribution in [3.8, 4) is 0 Å². The molecule has 0 aliphatic carbocycles. The summed E-state index contributed by atoms with van der Waals surface area (Å²) < 4.78 is 0. The molecule has 21 heavy (non-hydrogen) atoms. The summed E-state index contributed by atoms with van der Waals surface area (Å²) in [6, 6.07) is 4.90. The van der Waals surface area contributed by atoms with Gasteiger partial charge in [-0.2, -0.15) is 0 Å². The lowest BCUT2D eigenvalue weighted by molar-refractivity contribution is -0.136. The molecular formula is C14H15N3O4. The molecule has 1 aromatic carbocycles. The van der Waals surface area contributed by atoms with Gasteiger partial charge in [0, 0.05) is 5.56 Å². The van der Waals surface area contributed by atoms with Gasteiger partial charge in [0.05, 0.1) is 5.69 Å². The fourth-order valence-electron chi connectivity index (χ4n) is 2.20. The Bertz CT molecular complexity index is 622. The summed E-state index contributed by atoms with van der Waals surface area (Å²) in [5, 5.41) is 2.16. The van der Waals surface area contributed by atoms with E-state index in [0.717, 1.165) is 4.90 Å². The highest BCUT2D eigenvalue weighted by atomic mass is 16.2. The zero-order valence-corrected chi connectivity index (χ0v) is 11.6. The van der Waals surface area contributed by atoms with Gasteiger partial charge in [-0.3, -0.25) is 19.7 Å². The van der Waals surface area contributed by atoms with Crippen molar-refractivity contribution in [2.24, 2.45) is 17.6 Å². The molecule has 0 aromatic heterocycles. The second kappa shape index (κ2) is 5.35. The largest absolute Gasteiger partial charge is 0.366 e. The molecule has 1 aliphatic rings. The van der Waals surface area contributed by atoms with E-state index >= 15 is 0 Å². The van der Waals surface area contributed by atoms with Crippen LogP contribution in [0.3, 0.4) is 0 Å². The van der Waals surface area contributed by atoms with E-state index in [9.17, 15) is 19.2 Å². The van der Waals surface area contributed by atoms with Crippen molar-refractivity contribution in [2.45, 2.75) is 13.8 Å². The molecule has 1 heterocycles. The minimum absolute atomic E-state index is 0.238. The molecule has 1 atom stereocenters. The van der Waals surface area contributed by atoms with E-state index in [4.69, 9.17) is 5.73 Å². The summed E-state index contributed by atoms with van der Waals surface area (Å²) in [5.74, 6) is -2.93. The van der Waals surface area contributed by atoms with E-state index in [1.54, 1.807) is 13.8 Å². The summed E-state index contributed by atoms with van der Waals surface area (Å²) in [4.78, 5) is 47.9. The van der Waals surface area contributed by atoms with Gasteiger partial charge in [0.25, 0.3) is 0 Å². The first-order chi connectivity index (χ1) is 9.82. The predicted molar refractivity (Wildman–Crippen MR) is 74.3 cm³/mol. The normalized spacial score (nSPS) is 18.9. The number of nitrogens with two attached hydrogens (primary N) is 1. The number of carbonyl (C=O) groups is 4. The number of rotatable bonds is 3. The van der Waals surface area contributed by atoms with E-state index < -0.39 is 29.7 Å². The molecule has 2 rings (SSSR count). The number of primary amides is 1. The van der Waals surface area contributed by atoms with E-state index in [2.05, 4.69) is 5.32 Å². The quantitative estimate of drug-likeness (QED) is 0.795. The monoisotopic (exact) mass is 289 g/mol. The molecule has 0 radical (unpaired) electrons. The number of urea groups is 1. The van der Waals surface area contributed by atoms with Crippen LogP contribution in [0.25, 0.3) is 0 Å². The SMILES string of the molecule is CC(C)C1C(=O)NC(=O)N(c2ccc(C(N)=O)cc2)C1=O. The maximum atomic E-state index is 12.4. The van der Waals surface area contributed by atoms with Crippen molar-refractivity contribution < 1.29 is 19.2 Å². The van der Waals surface area contributed by atoms with Crippen LogP contribution in [-0.2, 0) is 9.59 Å². The van der Waals surface area contributed by atoms with Crippen LogP contribution >= 0.6 is 0 Å².